The average molecular weight is 577 g/mol. The SMILES string of the molecule is C1=Cc2c(c3ccccc3n2-c2cccc(-n3c4ccccc4c4ccc5c6ccccc6n(-c6ccccc6)c5c43)n2)CC1. The van der Waals surface area contributed by atoms with Crippen LogP contribution in [-0.2, 0) is 6.42 Å². The second-order valence-corrected chi connectivity index (χ2v) is 11.9. The first-order valence-corrected chi connectivity index (χ1v) is 15.6. The minimum Gasteiger partial charge on any atom is -0.307 e. The van der Waals surface area contributed by atoms with Gasteiger partial charge in [-0.05, 0) is 66.9 Å². The zero-order chi connectivity index (χ0) is 29.5. The molecule has 1 aliphatic carbocycles. The molecule has 9 aromatic rings. The number of pyridine rings is 1. The maximum absolute atomic E-state index is 5.46. The molecular formula is C41H28N4. The summed E-state index contributed by atoms with van der Waals surface area (Å²) in [7, 11) is 0. The molecule has 4 heterocycles. The van der Waals surface area contributed by atoms with Crippen LogP contribution >= 0.6 is 0 Å². The van der Waals surface area contributed by atoms with Gasteiger partial charge < -0.3 is 4.57 Å². The zero-order valence-corrected chi connectivity index (χ0v) is 24.6. The molecule has 5 aromatic carbocycles. The summed E-state index contributed by atoms with van der Waals surface area (Å²) in [5.41, 5.74) is 9.69. The van der Waals surface area contributed by atoms with Crippen LogP contribution in [0.4, 0.5) is 0 Å². The minimum absolute atomic E-state index is 0.905. The lowest BCUT2D eigenvalue weighted by Crippen LogP contribution is -2.06. The molecule has 0 amide bonds. The highest BCUT2D eigenvalue weighted by Crippen LogP contribution is 2.41. The van der Waals surface area contributed by atoms with Crippen molar-refractivity contribution in [1.82, 2.24) is 18.7 Å². The van der Waals surface area contributed by atoms with E-state index in [1.807, 2.05) is 0 Å². The van der Waals surface area contributed by atoms with Gasteiger partial charge in [0, 0.05) is 32.6 Å². The van der Waals surface area contributed by atoms with E-state index in [0.717, 1.165) is 41.2 Å². The van der Waals surface area contributed by atoms with E-state index in [9.17, 15) is 0 Å². The number of benzene rings is 5. The summed E-state index contributed by atoms with van der Waals surface area (Å²) >= 11 is 0. The lowest BCUT2D eigenvalue weighted by atomic mass is 10.0. The van der Waals surface area contributed by atoms with Gasteiger partial charge in [0.1, 0.15) is 11.6 Å². The molecule has 0 N–H and O–H groups in total. The molecule has 0 atom stereocenters. The number of nitrogens with zero attached hydrogens (tertiary/aromatic N) is 4. The molecule has 0 unspecified atom stereocenters. The van der Waals surface area contributed by atoms with Crippen LogP contribution < -0.4 is 0 Å². The number of hydrogen-bond acceptors (Lipinski definition) is 1. The summed E-state index contributed by atoms with van der Waals surface area (Å²) in [4.78, 5) is 5.46. The van der Waals surface area contributed by atoms with Crippen LogP contribution in [0.25, 0.3) is 77.9 Å². The lowest BCUT2D eigenvalue weighted by Gasteiger charge is -2.14. The van der Waals surface area contributed by atoms with E-state index in [1.165, 1.54) is 54.7 Å². The monoisotopic (exact) mass is 576 g/mol. The minimum atomic E-state index is 0.905. The Balaban J connectivity index is 1.34. The largest absolute Gasteiger partial charge is 0.307 e. The topological polar surface area (TPSA) is 27.7 Å². The van der Waals surface area contributed by atoms with Crippen molar-refractivity contribution in [3.8, 4) is 17.3 Å². The Kier molecular flexibility index (Phi) is 5.08. The summed E-state index contributed by atoms with van der Waals surface area (Å²) in [5.74, 6) is 1.83. The highest BCUT2D eigenvalue weighted by molar-refractivity contribution is 6.23. The first kappa shape index (κ1) is 24.6. The van der Waals surface area contributed by atoms with Gasteiger partial charge in [-0.3, -0.25) is 9.13 Å². The molecule has 45 heavy (non-hydrogen) atoms. The summed E-state index contributed by atoms with van der Waals surface area (Å²) in [6.45, 7) is 0. The smallest absolute Gasteiger partial charge is 0.140 e. The molecule has 0 spiro atoms. The number of allylic oxidation sites excluding steroid dienone is 1. The van der Waals surface area contributed by atoms with Gasteiger partial charge in [-0.2, -0.15) is 0 Å². The highest BCUT2D eigenvalue weighted by Gasteiger charge is 2.23. The second-order valence-electron chi connectivity index (χ2n) is 11.9. The van der Waals surface area contributed by atoms with Crippen LogP contribution in [0, 0.1) is 0 Å². The van der Waals surface area contributed by atoms with Gasteiger partial charge in [0.15, 0.2) is 0 Å². The van der Waals surface area contributed by atoms with Crippen LogP contribution in [0.3, 0.4) is 0 Å². The van der Waals surface area contributed by atoms with E-state index in [1.54, 1.807) is 0 Å². The van der Waals surface area contributed by atoms with Crippen LogP contribution in [0.2, 0.25) is 0 Å². The van der Waals surface area contributed by atoms with Crippen LogP contribution in [0.1, 0.15) is 17.7 Å². The molecule has 0 saturated heterocycles. The van der Waals surface area contributed by atoms with Gasteiger partial charge in [-0.15, -0.1) is 0 Å². The normalized spacial score (nSPS) is 13.1. The quantitative estimate of drug-likeness (QED) is 0.206. The van der Waals surface area contributed by atoms with Gasteiger partial charge in [0.05, 0.1) is 33.3 Å². The van der Waals surface area contributed by atoms with Crippen molar-refractivity contribution in [3.63, 3.8) is 0 Å². The fourth-order valence-electron chi connectivity index (χ4n) is 7.68. The molecule has 0 radical (unpaired) electrons. The number of fused-ring (bicyclic) bond motifs is 10. The Morgan fingerprint density at radius 1 is 0.444 bits per heavy atom. The molecule has 4 heteroatoms. The first-order valence-electron chi connectivity index (χ1n) is 15.6. The van der Waals surface area contributed by atoms with Gasteiger partial charge in [-0.25, -0.2) is 4.98 Å². The summed E-state index contributed by atoms with van der Waals surface area (Å²) in [6, 6.07) is 48.0. The Bertz CT molecular complexity index is 2650. The Labute approximate surface area is 259 Å². The predicted octanol–water partition coefficient (Wildman–Crippen LogP) is 10.2. The van der Waals surface area contributed by atoms with Crippen molar-refractivity contribution >= 4 is 60.6 Å². The van der Waals surface area contributed by atoms with Gasteiger partial charge in [0.2, 0.25) is 0 Å². The van der Waals surface area contributed by atoms with Crippen molar-refractivity contribution in [3.05, 3.63) is 151 Å². The molecule has 0 saturated carbocycles. The summed E-state index contributed by atoms with van der Waals surface area (Å²) < 4.78 is 7.14. The third-order valence-corrected chi connectivity index (χ3v) is 9.52. The van der Waals surface area contributed by atoms with E-state index in [4.69, 9.17) is 4.98 Å². The highest BCUT2D eigenvalue weighted by atomic mass is 15.1. The fraction of sp³-hybridized carbons (Fsp3) is 0.0488. The molecule has 0 aliphatic heterocycles. The van der Waals surface area contributed by atoms with Gasteiger partial charge in [0.25, 0.3) is 0 Å². The maximum atomic E-state index is 5.46. The maximum Gasteiger partial charge on any atom is 0.140 e. The number of hydrogen-bond donors (Lipinski definition) is 0. The van der Waals surface area contributed by atoms with E-state index < -0.39 is 0 Å². The standard InChI is InChI=1S/C41H28N4/c1-2-13-27(14-3-1)43-34-19-8-6-17-30(34)32-25-26-33-31-18-7-11-22-37(31)45(41(33)40(32)43)39-24-12-23-38(42-39)44-35-20-9-4-15-28(35)29-16-5-10-21-36(29)44/h1-4,6-15,17-26H,5,16H2. The van der Waals surface area contributed by atoms with Gasteiger partial charge in [-0.1, -0.05) is 97.1 Å². The molecule has 0 fully saturated rings. The number of rotatable bonds is 3. The van der Waals surface area contributed by atoms with Crippen LogP contribution in [0.15, 0.2) is 140 Å². The zero-order valence-electron chi connectivity index (χ0n) is 24.6. The molecule has 1 aliphatic rings. The van der Waals surface area contributed by atoms with Crippen molar-refractivity contribution in [1.29, 1.82) is 0 Å². The Morgan fingerprint density at radius 2 is 1.00 bits per heavy atom. The number of aryl methyl sites for hydroxylation is 1. The molecule has 0 bridgehead atoms. The Hall–Kier alpha value is -5.87. The van der Waals surface area contributed by atoms with Crippen molar-refractivity contribution in [2.75, 3.05) is 0 Å². The third kappa shape index (κ3) is 3.39. The van der Waals surface area contributed by atoms with Crippen LogP contribution in [-0.4, -0.2) is 18.7 Å². The molecule has 212 valence electrons. The van der Waals surface area contributed by atoms with Crippen LogP contribution in [0.5, 0.6) is 0 Å². The predicted molar refractivity (Wildman–Crippen MR) is 187 cm³/mol. The van der Waals surface area contributed by atoms with E-state index >= 15 is 0 Å². The fourth-order valence-corrected chi connectivity index (χ4v) is 7.68. The van der Waals surface area contributed by atoms with E-state index in [-0.39, 0.29) is 0 Å². The third-order valence-electron chi connectivity index (χ3n) is 9.52. The second kappa shape index (κ2) is 9.31. The van der Waals surface area contributed by atoms with Gasteiger partial charge >= 0.3 is 0 Å². The molecule has 4 nitrogen and oxygen atoms in total. The molecule has 10 rings (SSSR count). The van der Waals surface area contributed by atoms with E-state index in [0.29, 0.717) is 0 Å². The van der Waals surface area contributed by atoms with Crippen molar-refractivity contribution in [2.24, 2.45) is 0 Å². The number of para-hydroxylation sites is 4. The summed E-state index contributed by atoms with van der Waals surface area (Å²) in [5, 5.41) is 6.23. The molecule has 4 aromatic heterocycles. The van der Waals surface area contributed by atoms with Crippen molar-refractivity contribution in [2.45, 2.75) is 12.8 Å². The first-order chi connectivity index (χ1) is 22.4. The lowest BCUT2D eigenvalue weighted by molar-refractivity contribution is 0.941. The van der Waals surface area contributed by atoms with Crippen molar-refractivity contribution < 1.29 is 0 Å². The molecular weight excluding hydrogens is 548 g/mol. The van der Waals surface area contributed by atoms with E-state index in [2.05, 4.69) is 159 Å². The number of aromatic nitrogens is 4. The Morgan fingerprint density at radius 3 is 1.71 bits per heavy atom. The average Bonchev–Trinajstić information content (AvgIpc) is 3.75. The summed E-state index contributed by atoms with van der Waals surface area (Å²) in [6.07, 6.45) is 6.68.